The predicted molar refractivity (Wildman–Crippen MR) is 203 cm³/mol. The Morgan fingerprint density at radius 1 is 0.357 bits per heavy atom. The summed E-state index contributed by atoms with van der Waals surface area (Å²) >= 11 is 0. The summed E-state index contributed by atoms with van der Waals surface area (Å²) in [5.74, 6) is -2.11. The van der Waals surface area contributed by atoms with E-state index in [4.69, 9.17) is 37.9 Å². The summed E-state index contributed by atoms with van der Waals surface area (Å²) in [6.07, 6.45) is -7.14. The summed E-state index contributed by atoms with van der Waals surface area (Å²) in [7, 11) is 0. The maximum absolute atomic E-state index is 12.6. The van der Waals surface area contributed by atoms with E-state index in [2.05, 4.69) is 0 Å². The van der Waals surface area contributed by atoms with Crippen LogP contribution in [0.25, 0.3) is 0 Å². The van der Waals surface area contributed by atoms with Crippen LogP contribution in [0.4, 0.5) is 0 Å². The van der Waals surface area contributed by atoms with E-state index < -0.39 is 72.7 Å². The largest absolute Gasteiger partial charge is 0.464 e. The molecule has 2 aliphatic heterocycles. The minimum absolute atomic E-state index is 0.220. The Bertz CT molecular complexity index is 1550. The molecule has 0 amide bonds. The highest BCUT2D eigenvalue weighted by molar-refractivity contribution is 5.80. The molecule has 2 saturated heterocycles. The van der Waals surface area contributed by atoms with Gasteiger partial charge < -0.3 is 37.9 Å². The summed E-state index contributed by atoms with van der Waals surface area (Å²) < 4.78 is 45.3. The fourth-order valence-electron chi connectivity index (χ4n) is 6.40. The first-order valence-electron chi connectivity index (χ1n) is 18.8. The maximum Gasteiger partial charge on any atom is 0.338 e. The normalized spacial score (nSPS) is 24.4. The minimum Gasteiger partial charge on any atom is -0.464 e. The van der Waals surface area contributed by atoms with Gasteiger partial charge in [0.25, 0.3) is 0 Å². The first kappa shape index (κ1) is 41.8. The molecule has 12 heteroatoms. The number of rotatable bonds is 12. The topological polar surface area (TPSA) is 142 Å². The molecular weight excluding hydrogens is 720 g/mol. The lowest BCUT2D eigenvalue weighted by atomic mass is 9.97. The number of benzene rings is 4. The SMILES string of the molecule is CCOC(=O)[C@H]1O[C@@H](c2ccccc2)[C@H](C(=O)OCC)O[C@@H]1c1ccccc1.CCOC(=O)[C@H]1O[C@@H](c2ccccc2)[C@H](C(=O)OCC)O[C@@H]1c1ccccc1. The second kappa shape index (κ2) is 21.1. The second-order valence-electron chi connectivity index (χ2n) is 12.6. The molecule has 4 aromatic rings. The molecule has 0 spiro atoms. The van der Waals surface area contributed by atoms with Crippen molar-refractivity contribution in [2.75, 3.05) is 26.4 Å². The van der Waals surface area contributed by atoms with Crippen molar-refractivity contribution in [1.82, 2.24) is 0 Å². The standard InChI is InChI=1S/2C22H24O6/c2*1-3-25-21(23)19-17(15-11-7-5-8-12-15)28-20(22(24)26-4-2)18(27-19)16-13-9-6-10-14-16/h2*5-14,17-20H,3-4H2,1-2H3/t2*17-,18+,19+,20-. The highest BCUT2D eigenvalue weighted by Crippen LogP contribution is 2.41. The van der Waals surface area contributed by atoms with E-state index >= 15 is 0 Å². The molecular formula is C44H48O12. The molecule has 2 aliphatic rings. The van der Waals surface area contributed by atoms with Crippen LogP contribution in [-0.2, 0) is 57.1 Å². The number of hydrogen-bond donors (Lipinski definition) is 0. The van der Waals surface area contributed by atoms with Crippen LogP contribution < -0.4 is 0 Å². The van der Waals surface area contributed by atoms with Gasteiger partial charge in [-0.25, -0.2) is 19.2 Å². The molecule has 0 radical (unpaired) electrons. The van der Waals surface area contributed by atoms with Gasteiger partial charge in [-0.1, -0.05) is 121 Å². The average molecular weight is 769 g/mol. The summed E-state index contributed by atoms with van der Waals surface area (Å²) in [5.41, 5.74) is 2.89. The van der Waals surface area contributed by atoms with Crippen molar-refractivity contribution in [3.05, 3.63) is 144 Å². The molecule has 2 fully saturated rings. The lowest BCUT2D eigenvalue weighted by molar-refractivity contribution is -0.239. The van der Waals surface area contributed by atoms with Crippen molar-refractivity contribution < 1.29 is 57.1 Å². The van der Waals surface area contributed by atoms with Crippen molar-refractivity contribution in [2.45, 2.75) is 76.5 Å². The number of hydrogen-bond acceptors (Lipinski definition) is 12. The van der Waals surface area contributed by atoms with Gasteiger partial charge >= 0.3 is 23.9 Å². The van der Waals surface area contributed by atoms with Crippen LogP contribution in [0, 0.1) is 0 Å². The van der Waals surface area contributed by atoms with Gasteiger partial charge in [-0.3, -0.25) is 0 Å². The van der Waals surface area contributed by atoms with Crippen LogP contribution in [0.3, 0.4) is 0 Å². The molecule has 0 saturated carbocycles. The third kappa shape index (κ3) is 10.5. The van der Waals surface area contributed by atoms with E-state index in [1.807, 2.05) is 121 Å². The zero-order valence-electron chi connectivity index (χ0n) is 31.9. The van der Waals surface area contributed by atoms with Crippen LogP contribution in [0.2, 0.25) is 0 Å². The van der Waals surface area contributed by atoms with Crippen LogP contribution >= 0.6 is 0 Å². The van der Waals surface area contributed by atoms with Gasteiger partial charge in [-0.2, -0.15) is 0 Å². The third-order valence-corrected chi connectivity index (χ3v) is 8.86. The Morgan fingerprint density at radius 3 is 0.696 bits per heavy atom. The summed E-state index contributed by atoms with van der Waals surface area (Å²) in [6.45, 7) is 7.80. The Balaban J connectivity index is 0.000000214. The van der Waals surface area contributed by atoms with Crippen LogP contribution in [0.5, 0.6) is 0 Å². The Hall–Kier alpha value is -5.40. The summed E-state index contributed by atoms with van der Waals surface area (Å²) in [6, 6.07) is 36.7. The van der Waals surface area contributed by atoms with Gasteiger partial charge in [0.2, 0.25) is 0 Å². The first-order valence-corrected chi connectivity index (χ1v) is 18.8. The molecule has 2 heterocycles. The zero-order valence-corrected chi connectivity index (χ0v) is 31.9. The molecule has 296 valence electrons. The molecule has 6 rings (SSSR count). The minimum atomic E-state index is -1.00. The second-order valence-corrected chi connectivity index (χ2v) is 12.6. The predicted octanol–water partition coefficient (Wildman–Crippen LogP) is 6.76. The van der Waals surface area contributed by atoms with Gasteiger partial charge in [-0.05, 0) is 49.9 Å². The molecule has 0 aliphatic carbocycles. The Kier molecular flexibility index (Phi) is 15.7. The Morgan fingerprint density at radius 2 is 0.536 bits per heavy atom. The van der Waals surface area contributed by atoms with E-state index in [1.54, 1.807) is 27.7 Å². The highest BCUT2D eigenvalue weighted by Gasteiger charge is 2.49. The first-order chi connectivity index (χ1) is 27.3. The van der Waals surface area contributed by atoms with E-state index in [0.717, 1.165) is 22.3 Å². The Labute approximate surface area is 326 Å². The molecule has 0 bridgehead atoms. The van der Waals surface area contributed by atoms with Crippen LogP contribution in [0.15, 0.2) is 121 Å². The fraction of sp³-hybridized carbons (Fsp3) is 0.364. The van der Waals surface area contributed by atoms with E-state index in [0.29, 0.717) is 0 Å². The molecule has 0 unspecified atom stereocenters. The summed E-state index contributed by atoms with van der Waals surface area (Å²) in [4.78, 5) is 50.5. The molecule has 0 aromatic heterocycles. The molecule has 8 atom stereocenters. The summed E-state index contributed by atoms with van der Waals surface area (Å²) in [5, 5.41) is 0. The molecule has 0 N–H and O–H groups in total. The zero-order chi connectivity index (χ0) is 39.9. The number of carbonyl (C=O) groups is 4. The third-order valence-electron chi connectivity index (χ3n) is 8.86. The van der Waals surface area contributed by atoms with Crippen molar-refractivity contribution in [2.24, 2.45) is 0 Å². The fourth-order valence-corrected chi connectivity index (χ4v) is 6.40. The smallest absolute Gasteiger partial charge is 0.338 e. The van der Waals surface area contributed by atoms with E-state index in [1.165, 1.54) is 0 Å². The number of ether oxygens (including phenoxy) is 8. The van der Waals surface area contributed by atoms with Crippen molar-refractivity contribution in [1.29, 1.82) is 0 Å². The highest BCUT2D eigenvalue weighted by atomic mass is 16.7. The van der Waals surface area contributed by atoms with Gasteiger partial charge in [0.05, 0.1) is 26.4 Å². The lowest BCUT2D eigenvalue weighted by Crippen LogP contribution is -2.48. The monoisotopic (exact) mass is 768 g/mol. The van der Waals surface area contributed by atoms with Crippen molar-refractivity contribution in [3.63, 3.8) is 0 Å². The van der Waals surface area contributed by atoms with Gasteiger partial charge in [0.15, 0.2) is 24.4 Å². The van der Waals surface area contributed by atoms with Crippen LogP contribution in [0.1, 0.15) is 74.4 Å². The average Bonchev–Trinajstić information content (AvgIpc) is 3.24. The van der Waals surface area contributed by atoms with Gasteiger partial charge in [0.1, 0.15) is 24.4 Å². The number of carbonyl (C=O) groups excluding carboxylic acids is 4. The van der Waals surface area contributed by atoms with Crippen molar-refractivity contribution >= 4 is 23.9 Å². The maximum atomic E-state index is 12.6. The quantitative estimate of drug-likeness (QED) is 0.111. The van der Waals surface area contributed by atoms with Crippen LogP contribution in [-0.4, -0.2) is 74.7 Å². The van der Waals surface area contributed by atoms with Gasteiger partial charge in [0, 0.05) is 0 Å². The van der Waals surface area contributed by atoms with Crippen molar-refractivity contribution in [3.8, 4) is 0 Å². The molecule has 12 nitrogen and oxygen atoms in total. The van der Waals surface area contributed by atoms with E-state index in [-0.39, 0.29) is 26.4 Å². The van der Waals surface area contributed by atoms with E-state index in [9.17, 15) is 19.2 Å². The van der Waals surface area contributed by atoms with Gasteiger partial charge in [-0.15, -0.1) is 0 Å². The lowest BCUT2D eigenvalue weighted by Gasteiger charge is -2.39. The molecule has 56 heavy (non-hydrogen) atoms. The number of esters is 4. The molecule has 4 aromatic carbocycles.